The van der Waals surface area contributed by atoms with E-state index in [2.05, 4.69) is 41.3 Å². The second kappa shape index (κ2) is 6.74. The second-order valence-corrected chi connectivity index (χ2v) is 6.02. The first-order valence-corrected chi connectivity index (χ1v) is 7.76. The highest BCUT2D eigenvalue weighted by atomic mass is 15.2. The molecule has 112 valence electrons. The first kappa shape index (κ1) is 14.8. The number of nitrogens with two attached hydrogens (primary N) is 1. The van der Waals surface area contributed by atoms with Crippen molar-refractivity contribution in [2.45, 2.75) is 12.5 Å². The van der Waals surface area contributed by atoms with Crippen molar-refractivity contribution in [2.75, 3.05) is 19.6 Å². The summed E-state index contributed by atoms with van der Waals surface area (Å²) in [5, 5.41) is 8.87. The van der Waals surface area contributed by atoms with Gasteiger partial charge in [0.2, 0.25) is 0 Å². The third-order valence-electron chi connectivity index (χ3n) is 4.54. The van der Waals surface area contributed by atoms with Crippen LogP contribution in [0.3, 0.4) is 0 Å². The quantitative estimate of drug-likeness (QED) is 0.942. The minimum atomic E-state index is 0.515. The lowest BCUT2D eigenvalue weighted by Gasteiger charge is -2.17. The standard InChI is InChI=1S/C19H21N3/c20-10-15-6-8-16(9-7-15)12-22-13-18(11-21)19(14-22)17-4-2-1-3-5-17/h1-9,18-19H,11-14,21H2/t18-,19+/m1/s1. The van der Waals surface area contributed by atoms with Gasteiger partial charge in [0.15, 0.2) is 0 Å². The molecule has 0 aliphatic carbocycles. The molecule has 0 spiro atoms. The monoisotopic (exact) mass is 291 g/mol. The van der Waals surface area contributed by atoms with E-state index < -0.39 is 0 Å². The summed E-state index contributed by atoms with van der Waals surface area (Å²) in [5.41, 5.74) is 9.35. The first-order chi connectivity index (χ1) is 10.8. The minimum Gasteiger partial charge on any atom is -0.330 e. The maximum Gasteiger partial charge on any atom is 0.0991 e. The number of likely N-dealkylation sites (tertiary alicyclic amines) is 1. The predicted molar refractivity (Wildman–Crippen MR) is 88.2 cm³/mol. The van der Waals surface area contributed by atoms with Gasteiger partial charge < -0.3 is 5.73 Å². The van der Waals surface area contributed by atoms with Gasteiger partial charge in [-0.3, -0.25) is 4.90 Å². The lowest BCUT2D eigenvalue weighted by atomic mass is 9.89. The summed E-state index contributed by atoms with van der Waals surface area (Å²) in [6, 6.07) is 20.7. The zero-order valence-corrected chi connectivity index (χ0v) is 12.7. The minimum absolute atomic E-state index is 0.515. The van der Waals surface area contributed by atoms with Crippen LogP contribution in [0.5, 0.6) is 0 Å². The number of nitriles is 1. The number of benzene rings is 2. The average Bonchev–Trinajstić information content (AvgIpc) is 2.99. The maximum atomic E-state index is 8.87. The van der Waals surface area contributed by atoms with Crippen LogP contribution in [0.4, 0.5) is 0 Å². The molecule has 0 saturated carbocycles. The second-order valence-electron chi connectivity index (χ2n) is 6.02. The van der Waals surface area contributed by atoms with Crippen molar-refractivity contribution in [2.24, 2.45) is 11.7 Å². The van der Waals surface area contributed by atoms with Crippen LogP contribution in [-0.4, -0.2) is 24.5 Å². The van der Waals surface area contributed by atoms with E-state index in [0.717, 1.165) is 26.2 Å². The lowest BCUT2D eigenvalue weighted by molar-refractivity contribution is 0.317. The average molecular weight is 291 g/mol. The molecule has 1 fully saturated rings. The molecule has 3 nitrogen and oxygen atoms in total. The predicted octanol–water partition coefficient (Wildman–Crippen LogP) is 2.73. The highest BCUT2D eigenvalue weighted by Gasteiger charge is 2.32. The zero-order chi connectivity index (χ0) is 15.4. The van der Waals surface area contributed by atoms with Crippen LogP contribution in [0.1, 0.15) is 22.6 Å². The Balaban J connectivity index is 1.70. The smallest absolute Gasteiger partial charge is 0.0991 e. The normalized spacial score (nSPS) is 21.6. The van der Waals surface area contributed by atoms with Gasteiger partial charge in [0, 0.05) is 25.6 Å². The van der Waals surface area contributed by atoms with Crippen molar-refractivity contribution in [3.05, 3.63) is 71.3 Å². The van der Waals surface area contributed by atoms with Gasteiger partial charge in [-0.2, -0.15) is 5.26 Å². The molecule has 1 saturated heterocycles. The lowest BCUT2D eigenvalue weighted by Crippen LogP contribution is -2.23. The van der Waals surface area contributed by atoms with Crippen LogP contribution in [0.15, 0.2) is 54.6 Å². The molecule has 0 radical (unpaired) electrons. The largest absolute Gasteiger partial charge is 0.330 e. The van der Waals surface area contributed by atoms with Gasteiger partial charge in [-0.15, -0.1) is 0 Å². The molecule has 2 aromatic carbocycles. The van der Waals surface area contributed by atoms with Crippen molar-refractivity contribution < 1.29 is 0 Å². The van der Waals surface area contributed by atoms with Gasteiger partial charge in [0.25, 0.3) is 0 Å². The Morgan fingerprint density at radius 3 is 2.41 bits per heavy atom. The number of hydrogen-bond acceptors (Lipinski definition) is 3. The summed E-state index contributed by atoms with van der Waals surface area (Å²) >= 11 is 0. The topological polar surface area (TPSA) is 53.0 Å². The molecule has 0 unspecified atom stereocenters. The third-order valence-corrected chi connectivity index (χ3v) is 4.54. The molecule has 3 rings (SSSR count). The molecule has 1 aliphatic heterocycles. The molecule has 3 heteroatoms. The Morgan fingerprint density at radius 1 is 1.05 bits per heavy atom. The van der Waals surface area contributed by atoms with Crippen molar-refractivity contribution >= 4 is 0 Å². The molecule has 0 aromatic heterocycles. The molecule has 0 amide bonds. The third kappa shape index (κ3) is 3.19. The summed E-state index contributed by atoms with van der Waals surface area (Å²) in [5.74, 6) is 1.03. The van der Waals surface area contributed by atoms with Crippen molar-refractivity contribution in [3.8, 4) is 6.07 Å². The van der Waals surface area contributed by atoms with Crippen LogP contribution in [-0.2, 0) is 6.54 Å². The summed E-state index contributed by atoms with van der Waals surface area (Å²) in [4.78, 5) is 2.47. The summed E-state index contributed by atoms with van der Waals surface area (Å²) in [6.45, 7) is 3.73. The molecule has 2 aromatic rings. The van der Waals surface area contributed by atoms with Crippen molar-refractivity contribution in [1.82, 2.24) is 4.90 Å². The Labute approximate surface area is 132 Å². The van der Waals surface area contributed by atoms with E-state index in [1.807, 2.05) is 24.3 Å². The summed E-state index contributed by atoms with van der Waals surface area (Å²) in [7, 11) is 0. The van der Waals surface area contributed by atoms with Crippen molar-refractivity contribution in [3.63, 3.8) is 0 Å². The Kier molecular flexibility index (Phi) is 4.53. The maximum absolute atomic E-state index is 8.87. The zero-order valence-electron chi connectivity index (χ0n) is 12.7. The summed E-state index contributed by atoms with van der Waals surface area (Å²) < 4.78 is 0. The summed E-state index contributed by atoms with van der Waals surface area (Å²) in [6.07, 6.45) is 0. The fourth-order valence-electron chi connectivity index (χ4n) is 3.35. The van der Waals surface area contributed by atoms with E-state index in [-0.39, 0.29) is 0 Å². The number of hydrogen-bond donors (Lipinski definition) is 1. The van der Waals surface area contributed by atoms with E-state index in [4.69, 9.17) is 11.0 Å². The van der Waals surface area contributed by atoms with Crippen molar-refractivity contribution in [1.29, 1.82) is 5.26 Å². The van der Waals surface area contributed by atoms with E-state index in [1.165, 1.54) is 11.1 Å². The molecule has 0 bridgehead atoms. The Bertz CT molecular complexity index is 643. The van der Waals surface area contributed by atoms with Gasteiger partial charge in [-0.25, -0.2) is 0 Å². The molecule has 1 aliphatic rings. The number of rotatable bonds is 4. The van der Waals surface area contributed by atoms with Gasteiger partial charge >= 0.3 is 0 Å². The highest BCUT2D eigenvalue weighted by Crippen LogP contribution is 2.32. The van der Waals surface area contributed by atoms with E-state index in [1.54, 1.807) is 0 Å². The Morgan fingerprint density at radius 2 is 1.77 bits per heavy atom. The SMILES string of the molecule is N#Cc1ccc(CN2C[C@@H](CN)[C@H](c3ccccc3)C2)cc1. The van der Waals surface area contributed by atoms with Crippen LogP contribution < -0.4 is 5.73 Å². The number of nitrogens with zero attached hydrogens (tertiary/aromatic N) is 2. The van der Waals surface area contributed by atoms with Crippen LogP contribution in [0.2, 0.25) is 0 Å². The molecule has 2 N–H and O–H groups in total. The molecule has 1 heterocycles. The van der Waals surface area contributed by atoms with Crippen LogP contribution in [0, 0.1) is 17.2 Å². The fraction of sp³-hybridized carbons (Fsp3) is 0.316. The van der Waals surface area contributed by atoms with Crippen LogP contribution >= 0.6 is 0 Å². The first-order valence-electron chi connectivity index (χ1n) is 7.76. The molecular weight excluding hydrogens is 270 g/mol. The molecular formula is C19H21N3. The Hall–Kier alpha value is -2.15. The highest BCUT2D eigenvalue weighted by molar-refractivity contribution is 5.31. The van der Waals surface area contributed by atoms with E-state index in [9.17, 15) is 0 Å². The molecule has 22 heavy (non-hydrogen) atoms. The molecule has 2 atom stereocenters. The van der Waals surface area contributed by atoms with Gasteiger partial charge in [0.1, 0.15) is 0 Å². The van der Waals surface area contributed by atoms with Gasteiger partial charge in [-0.05, 0) is 35.7 Å². The van der Waals surface area contributed by atoms with E-state index >= 15 is 0 Å². The fourth-order valence-corrected chi connectivity index (χ4v) is 3.35. The van der Waals surface area contributed by atoms with Gasteiger partial charge in [0.05, 0.1) is 11.6 Å². The van der Waals surface area contributed by atoms with E-state index in [0.29, 0.717) is 17.4 Å². The van der Waals surface area contributed by atoms with Crippen LogP contribution in [0.25, 0.3) is 0 Å². The van der Waals surface area contributed by atoms with Gasteiger partial charge in [-0.1, -0.05) is 42.5 Å².